The van der Waals surface area contributed by atoms with Gasteiger partial charge in [0.1, 0.15) is 5.70 Å². The summed E-state index contributed by atoms with van der Waals surface area (Å²) in [6.07, 6.45) is -0.0251. The number of ether oxygens (including phenoxy) is 1. The standard InChI is InChI=1S/C24H26N2O3/c1-15-8-10-19(11-9-15)21-22(25-13-17(3)29-18(4)14-25)24(28)26(23(21)27)20-7-5-6-16(2)12-20/h5-12,17-18H,13-14H2,1-4H3. The first-order chi connectivity index (χ1) is 13.8. The first-order valence-corrected chi connectivity index (χ1v) is 10.0. The van der Waals surface area contributed by atoms with Crippen molar-refractivity contribution in [2.24, 2.45) is 0 Å². The molecule has 1 fully saturated rings. The van der Waals surface area contributed by atoms with Crippen molar-refractivity contribution in [3.63, 3.8) is 0 Å². The molecule has 2 aromatic carbocycles. The molecule has 2 amide bonds. The summed E-state index contributed by atoms with van der Waals surface area (Å²) in [4.78, 5) is 30.4. The Morgan fingerprint density at radius 2 is 1.52 bits per heavy atom. The second-order valence-electron chi connectivity index (χ2n) is 8.04. The summed E-state index contributed by atoms with van der Waals surface area (Å²) in [6.45, 7) is 9.11. The fourth-order valence-electron chi connectivity index (χ4n) is 4.15. The number of carbonyl (C=O) groups is 2. The summed E-state index contributed by atoms with van der Waals surface area (Å²) >= 11 is 0. The van der Waals surface area contributed by atoms with Crippen LogP contribution in [0.15, 0.2) is 54.2 Å². The van der Waals surface area contributed by atoms with Gasteiger partial charge in [-0.15, -0.1) is 0 Å². The smallest absolute Gasteiger partial charge is 0.282 e. The summed E-state index contributed by atoms with van der Waals surface area (Å²) in [6, 6.07) is 15.3. The van der Waals surface area contributed by atoms with Gasteiger partial charge in [-0.3, -0.25) is 9.59 Å². The van der Waals surface area contributed by atoms with Crippen LogP contribution in [0.25, 0.3) is 5.57 Å². The molecule has 2 aromatic rings. The summed E-state index contributed by atoms with van der Waals surface area (Å²) in [5, 5.41) is 0. The highest BCUT2D eigenvalue weighted by atomic mass is 16.5. The SMILES string of the molecule is Cc1ccc(C2=C(N3CC(C)OC(C)C3)C(=O)N(c3cccc(C)c3)C2=O)cc1. The van der Waals surface area contributed by atoms with Gasteiger partial charge in [-0.05, 0) is 51.0 Å². The fourth-order valence-corrected chi connectivity index (χ4v) is 4.15. The molecule has 29 heavy (non-hydrogen) atoms. The maximum absolute atomic E-state index is 13.6. The maximum atomic E-state index is 13.6. The minimum absolute atomic E-state index is 0.0126. The first-order valence-electron chi connectivity index (χ1n) is 10.0. The van der Waals surface area contributed by atoms with Crippen LogP contribution >= 0.6 is 0 Å². The van der Waals surface area contributed by atoms with E-state index in [-0.39, 0.29) is 24.0 Å². The van der Waals surface area contributed by atoms with E-state index in [0.29, 0.717) is 30.0 Å². The van der Waals surface area contributed by atoms with Crippen LogP contribution in [0.3, 0.4) is 0 Å². The Kier molecular flexibility index (Phi) is 5.01. The van der Waals surface area contributed by atoms with Crippen molar-refractivity contribution in [2.75, 3.05) is 18.0 Å². The molecule has 0 N–H and O–H groups in total. The molecule has 5 nitrogen and oxygen atoms in total. The van der Waals surface area contributed by atoms with Gasteiger partial charge in [0.15, 0.2) is 0 Å². The second kappa shape index (κ2) is 7.48. The van der Waals surface area contributed by atoms with Crippen LogP contribution in [-0.2, 0) is 14.3 Å². The summed E-state index contributed by atoms with van der Waals surface area (Å²) in [5.74, 6) is -0.538. The van der Waals surface area contributed by atoms with Gasteiger partial charge in [0.05, 0.1) is 23.5 Å². The molecule has 0 saturated carbocycles. The second-order valence-corrected chi connectivity index (χ2v) is 8.04. The van der Waals surface area contributed by atoms with E-state index in [0.717, 1.165) is 16.7 Å². The topological polar surface area (TPSA) is 49.9 Å². The largest absolute Gasteiger partial charge is 0.372 e. The molecule has 1 saturated heterocycles. The number of hydrogen-bond acceptors (Lipinski definition) is 4. The molecule has 2 atom stereocenters. The Bertz CT molecular complexity index is 983. The van der Waals surface area contributed by atoms with Crippen molar-refractivity contribution in [1.82, 2.24) is 4.90 Å². The quantitative estimate of drug-likeness (QED) is 0.750. The number of anilines is 1. The first kappa shape index (κ1) is 19.4. The number of aryl methyl sites for hydroxylation is 2. The number of morpholine rings is 1. The molecule has 2 aliphatic rings. The number of rotatable bonds is 3. The molecule has 0 aliphatic carbocycles. The van der Waals surface area contributed by atoms with Crippen molar-refractivity contribution in [2.45, 2.75) is 39.9 Å². The highest BCUT2D eigenvalue weighted by Gasteiger charge is 2.43. The van der Waals surface area contributed by atoms with Crippen molar-refractivity contribution in [3.05, 3.63) is 70.9 Å². The molecule has 0 bridgehead atoms. The maximum Gasteiger partial charge on any atom is 0.282 e. The molecular weight excluding hydrogens is 364 g/mol. The normalized spacial score (nSPS) is 22.6. The van der Waals surface area contributed by atoms with Crippen molar-refractivity contribution in [1.29, 1.82) is 0 Å². The third-order valence-electron chi connectivity index (χ3n) is 5.40. The Morgan fingerprint density at radius 1 is 0.862 bits per heavy atom. The molecule has 0 aromatic heterocycles. The lowest BCUT2D eigenvalue weighted by atomic mass is 10.0. The van der Waals surface area contributed by atoms with Crippen molar-refractivity contribution < 1.29 is 14.3 Å². The Balaban J connectivity index is 1.84. The number of nitrogens with zero attached hydrogens (tertiary/aromatic N) is 2. The number of carbonyl (C=O) groups excluding carboxylic acids is 2. The predicted molar refractivity (Wildman–Crippen MR) is 113 cm³/mol. The molecule has 2 unspecified atom stereocenters. The van der Waals surface area contributed by atoms with Crippen LogP contribution < -0.4 is 4.90 Å². The Hall–Kier alpha value is -2.92. The van der Waals surface area contributed by atoms with Crippen LogP contribution in [0, 0.1) is 13.8 Å². The fraction of sp³-hybridized carbons (Fsp3) is 0.333. The predicted octanol–water partition coefficient (Wildman–Crippen LogP) is 3.70. The van der Waals surface area contributed by atoms with E-state index in [1.807, 2.05) is 81.1 Å². The van der Waals surface area contributed by atoms with Crippen LogP contribution in [0.2, 0.25) is 0 Å². The van der Waals surface area contributed by atoms with Gasteiger partial charge in [-0.1, -0.05) is 42.0 Å². The minimum Gasteiger partial charge on any atom is -0.372 e. The van der Waals surface area contributed by atoms with Gasteiger partial charge < -0.3 is 9.64 Å². The average molecular weight is 390 g/mol. The lowest BCUT2D eigenvalue weighted by Gasteiger charge is -2.37. The third kappa shape index (κ3) is 3.58. The average Bonchev–Trinajstić information content (AvgIpc) is 2.92. The lowest BCUT2D eigenvalue weighted by Crippen LogP contribution is -2.47. The number of hydrogen-bond donors (Lipinski definition) is 0. The molecule has 0 radical (unpaired) electrons. The molecule has 5 heteroatoms. The van der Waals surface area contributed by atoms with Gasteiger partial charge in [-0.25, -0.2) is 4.90 Å². The number of imide groups is 1. The van der Waals surface area contributed by atoms with E-state index in [1.54, 1.807) is 0 Å². The van der Waals surface area contributed by atoms with Gasteiger partial charge in [0.25, 0.3) is 11.8 Å². The highest BCUT2D eigenvalue weighted by Crippen LogP contribution is 2.36. The highest BCUT2D eigenvalue weighted by molar-refractivity contribution is 6.45. The van der Waals surface area contributed by atoms with E-state index in [1.165, 1.54) is 4.90 Å². The monoisotopic (exact) mass is 390 g/mol. The summed E-state index contributed by atoms with van der Waals surface area (Å²) in [7, 11) is 0. The van der Waals surface area contributed by atoms with E-state index < -0.39 is 0 Å². The van der Waals surface area contributed by atoms with E-state index >= 15 is 0 Å². The van der Waals surface area contributed by atoms with E-state index in [4.69, 9.17) is 4.74 Å². The van der Waals surface area contributed by atoms with Crippen LogP contribution in [0.1, 0.15) is 30.5 Å². The van der Waals surface area contributed by atoms with E-state index in [9.17, 15) is 9.59 Å². The van der Waals surface area contributed by atoms with Gasteiger partial charge in [0.2, 0.25) is 0 Å². The van der Waals surface area contributed by atoms with Crippen molar-refractivity contribution >= 4 is 23.1 Å². The van der Waals surface area contributed by atoms with Gasteiger partial charge in [0, 0.05) is 13.1 Å². The molecule has 4 rings (SSSR count). The molecular formula is C24H26N2O3. The minimum atomic E-state index is -0.272. The van der Waals surface area contributed by atoms with Crippen LogP contribution in [0.5, 0.6) is 0 Å². The number of benzene rings is 2. The molecule has 2 aliphatic heterocycles. The zero-order valence-corrected chi connectivity index (χ0v) is 17.3. The van der Waals surface area contributed by atoms with Crippen LogP contribution in [-0.4, -0.2) is 42.0 Å². The molecule has 2 heterocycles. The summed E-state index contributed by atoms with van der Waals surface area (Å²) < 4.78 is 5.85. The van der Waals surface area contributed by atoms with Crippen molar-refractivity contribution in [3.8, 4) is 0 Å². The van der Waals surface area contributed by atoms with E-state index in [2.05, 4.69) is 0 Å². The third-order valence-corrected chi connectivity index (χ3v) is 5.40. The lowest BCUT2D eigenvalue weighted by molar-refractivity contribution is -0.121. The Labute approximate surface area is 171 Å². The molecule has 150 valence electrons. The van der Waals surface area contributed by atoms with Gasteiger partial charge in [-0.2, -0.15) is 0 Å². The zero-order chi connectivity index (χ0) is 20.7. The Morgan fingerprint density at radius 3 is 2.14 bits per heavy atom. The number of amides is 2. The van der Waals surface area contributed by atoms with Crippen LogP contribution in [0.4, 0.5) is 5.69 Å². The molecule has 0 spiro atoms. The zero-order valence-electron chi connectivity index (χ0n) is 17.3. The summed E-state index contributed by atoms with van der Waals surface area (Å²) in [5.41, 5.74) is 4.43. The van der Waals surface area contributed by atoms with Gasteiger partial charge >= 0.3 is 0 Å².